The van der Waals surface area contributed by atoms with Crippen molar-refractivity contribution in [2.75, 3.05) is 14.1 Å². The maximum absolute atomic E-state index is 12.3. The van der Waals surface area contributed by atoms with Crippen molar-refractivity contribution in [2.45, 2.75) is 44.4 Å². The van der Waals surface area contributed by atoms with Gasteiger partial charge in [-0.15, -0.1) is 0 Å². The van der Waals surface area contributed by atoms with Gasteiger partial charge in [-0.3, -0.25) is 9.59 Å². The molecule has 0 aromatic heterocycles. The molecule has 1 N–H and O–H groups in total. The lowest BCUT2D eigenvalue weighted by Gasteiger charge is -2.37. The van der Waals surface area contributed by atoms with E-state index in [9.17, 15) is 14.7 Å². The molecule has 0 unspecified atom stereocenters. The highest BCUT2D eigenvalue weighted by molar-refractivity contribution is 5.93. The Hall–Kier alpha value is -2.14. The van der Waals surface area contributed by atoms with Gasteiger partial charge < -0.3 is 14.9 Å². The minimum atomic E-state index is -0.489. The Kier molecular flexibility index (Phi) is 6.15. The van der Waals surface area contributed by atoms with Gasteiger partial charge in [0, 0.05) is 26.2 Å². The molecule has 0 heterocycles. The van der Waals surface area contributed by atoms with Gasteiger partial charge in [-0.25, -0.2) is 0 Å². The van der Waals surface area contributed by atoms with Gasteiger partial charge in [0.2, 0.25) is 5.91 Å². The van der Waals surface area contributed by atoms with Crippen LogP contribution >= 0.6 is 0 Å². The van der Waals surface area contributed by atoms with E-state index >= 15 is 0 Å². The second-order valence-electron chi connectivity index (χ2n) is 6.49. The predicted octanol–water partition coefficient (Wildman–Crippen LogP) is 2.21. The molecule has 0 radical (unpaired) electrons. The summed E-state index contributed by atoms with van der Waals surface area (Å²) < 4.78 is 0. The second kappa shape index (κ2) is 8.11. The van der Waals surface area contributed by atoms with Crippen LogP contribution in [0.4, 0.5) is 0 Å². The van der Waals surface area contributed by atoms with E-state index in [0.717, 1.165) is 31.2 Å². The van der Waals surface area contributed by atoms with Crippen molar-refractivity contribution in [2.24, 2.45) is 0 Å². The number of nitrogens with zero attached hydrogens (tertiary/aromatic N) is 2. The van der Waals surface area contributed by atoms with Crippen molar-refractivity contribution < 1.29 is 14.7 Å². The molecule has 2 atom stereocenters. The Morgan fingerprint density at radius 2 is 1.83 bits per heavy atom. The number of benzene rings is 1. The first-order chi connectivity index (χ1) is 11.4. The fourth-order valence-corrected chi connectivity index (χ4v) is 3.14. The highest BCUT2D eigenvalue weighted by Crippen LogP contribution is 2.25. The molecule has 1 aromatic rings. The molecule has 2 rings (SSSR count). The van der Waals surface area contributed by atoms with E-state index in [2.05, 4.69) is 6.58 Å². The van der Waals surface area contributed by atoms with Crippen molar-refractivity contribution in [1.82, 2.24) is 9.80 Å². The van der Waals surface area contributed by atoms with Crippen molar-refractivity contribution in [1.29, 1.82) is 0 Å². The van der Waals surface area contributed by atoms with Crippen LogP contribution < -0.4 is 0 Å². The molecule has 1 aromatic carbocycles. The van der Waals surface area contributed by atoms with Crippen LogP contribution in [-0.4, -0.2) is 53.0 Å². The Labute approximate surface area is 143 Å². The number of carbonyl (C=O) groups is 2. The zero-order valence-electron chi connectivity index (χ0n) is 14.4. The Bertz CT molecular complexity index is 595. The molecular weight excluding hydrogens is 304 g/mol. The molecule has 2 amide bonds. The maximum Gasteiger partial charge on any atom is 0.253 e. The van der Waals surface area contributed by atoms with Crippen LogP contribution in [0.15, 0.2) is 36.9 Å². The lowest BCUT2D eigenvalue weighted by molar-refractivity contribution is -0.132. The van der Waals surface area contributed by atoms with Crippen molar-refractivity contribution in [3.63, 3.8) is 0 Å². The van der Waals surface area contributed by atoms with Crippen molar-refractivity contribution >= 4 is 11.8 Å². The van der Waals surface area contributed by atoms with Crippen LogP contribution in [0.3, 0.4) is 0 Å². The summed E-state index contributed by atoms with van der Waals surface area (Å²) in [5, 5.41) is 10.3. The summed E-state index contributed by atoms with van der Waals surface area (Å²) in [4.78, 5) is 27.4. The molecule has 5 nitrogen and oxygen atoms in total. The number of rotatable bonds is 5. The summed E-state index contributed by atoms with van der Waals surface area (Å²) in [6.45, 7) is 3.98. The van der Waals surface area contributed by atoms with Gasteiger partial charge in [0.25, 0.3) is 5.91 Å². The van der Waals surface area contributed by atoms with Gasteiger partial charge in [-0.05, 0) is 36.6 Å². The third kappa shape index (κ3) is 4.23. The highest BCUT2D eigenvalue weighted by Gasteiger charge is 2.30. The molecule has 24 heavy (non-hydrogen) atoms. The van der Waals surface area contributed by atoms with Crippen LogP contribution in [0.2, 0.25) is 0 Å². The molecule has 1 fully saturated rings. The molecule has 0 aliphatic heterocycles. The van der Waals surface area contributed by atoms with E-state index in [-0.39, 0.29) is 17.9 Å². The van der Waals surface area contributed by atoms with Gasteiger partial charge in [0.1, 0.15) is 0 Å². The monoisotopic (exact) mass is 330 g/mol. The van der Waals surface area contributed by atoms with E-state index in [0.29, 0.717) is 12.1 Å². The molecule has 0 spiro atoms. The number of amides is 2. The Morgan fingerprint density at radius 3 is 2.38 bits per heavy atom. The van der Waals surface area contributed by atoms with Crippen molar-refractivity contribution in [3.8, 4) is 0 Å². The summed E-state index contributed by atoms with van der Waals surface area (Å²) in [6, 6.07) is 7.08. The van der Waals surface area contributed by atoms with Crippen LogP contribution in [0.25, 0.3) is 0 Å². The number of hydrogen-bond acceptors (Lipinski definition) is 3. The highest BCUT2D eigenvalue weighted by atomic mass is 16.3. The zero-order chi connectivity index (χ0) is 17.7. The maximum atomic E-state index is 12.3. The number of aliphatic hydroxyl groups excluding tert-OH is 1. The van der Waals surface area contributed by atoms with Crippen LogP contribution in [0, 0.1) is 0 Å². The third-order valence-corrected chi connectivity index (χ3v) is 4.51. The standard InChI is InChI=1S/C19H26N2O3/c1-4-18(23)21(16-7-5-6-8-17(16)22)13-14-9-11-15(12-10-14)19(24)20(2)3/h4,9-12,16-17,22H,1,5-8,13H2,2-3H3/t16-,17+/m0/s1. The molecule has 1 saturated carbocycles. The predicted molar refractivity (Wildman–Crippen MR) is 93.5 cm³/mol. The quantitative estimate of drug-likeness (QED) is 0.842. The van der Waals surface area contributed by atoms with Gasteiger partial charge in [-0.2, -0.15) is 0 Å². The molecule has 1 aliphatic carbocycles. The van der Waals surface area contributed by atoms with E-state index < -0.39 is 6.10 Å². The van der Waals surface area contributed by atoms with Crippen LogP contribution in [0.1, 0.15) is 41.6 Å². The molecule has 0 bridgehead atoms. The fourth-order valence-electron chi connectivity index (χ4n) is 3.14. The lowest BCUT2D eigenvalue weighted by atomic mass is 9.91. The average molecular weight is 330 g/mol. The number of carbonyl (C=O) groups excluding carboxylic acids is 2. The third-order valence-electron chi connectivity index (χ3n) is 4.51. The average Bonchev–Trinajstić information content (AvgIpc) is 2.59. The van der Waals surface area contributed by atoms with Gasteiger partial charge in [-0.1, -0.05) is 31.6 Å². The molecule has 130 valence electrons. The molecular formula is C19H26N2O3. The van der Waals surface area contributed by atoms with E-state index in [4.69, 9.17) is 0 Å². The molecule has 1 aliphatic rings. The van der Waals surface area contributed by atoms with Gasteiger partial charge >= 0.3 is 0 Å². The Morgan fingerprint density at radius 1 is 1.21 bits per heavy atom. The van der Waals surface area contributed by atoms with Crippen LogP contribution in [0.5, 0.6) is 0 Å². The molecule has 5 heteroatoms. The smallest absolute Gasteiger partial charge is 0.253 e. The number of aliphatic hydroxyl groups is 1. The summed E-state index contributed by atoms with van der Waals surface area (Å²) in [5.41, 5.74) is 1.54. The van der Waals surface area contributed by atoms with E-state index in [1.807, 2.05) is 12.1 Å². The summed E-state index contributed by atoms with van der Waals surface area (Å²) >= 11 is 0. The van der Waals surface area contributed by atoms with E-state index in [1.54, 1.807) is 31.1 Å². The Balaban J connectivity index is 2.16. The fraction of sp³-hybridized carbons (Fsp3) is 0.474. The van der Waals surface area contributed by atoms with E-state index in [1.165, 1.54) is 11.0 Å². The topological polar surface area (TPSA) is 60.9 Å². The first kappa shape index (κ1) is 18.2. The minimum absolute atomic E-state index is 0.0525. The SMILES string of the molecule is C=CC(=O)N(Cc1ccc(C(=O)N(C)C)cc1)[C@H]1CCCC[C@H]1O. The summed E-state index contributed by atoms with van der Waals surface area (Å²) in [7, 11) is 3.43. The van der Waals surface area contributed by atoms with Crippen molar-refractivity contribution in [3.05, 3.63) is 48.0 Å². The first-order valence-corrected chi connectivity index (χ1v) is 8.35. The van der Waals surface area contributed by atoms with Gasteiger partial charge in [0.15, 0.2) is 0 Å². The zero-order valence-corrected chi connectivity index (χ0v) is 14.4. The van der Waals surface area contributed by atoms with Crippen LogP contribution in [-0.2, 0) is 11.3 Å². The first-order valence-electron chi connectivity index (χ1n) is 8.35. The van der Waals surface area contributed by atoms with Gasteiger partial charge in [0.05, 0.1) is 12.1 Å². The molecule has 0 saturated heterocycles. The lowest BCUT2D eigenvalue weighted by Crippen LogP contribution is -2.47. The minimum Gasteiger partial charge on any atom is -0.391 e. The normalized spacial score (nSPS) is 20.3. The number of hydrogen-bond donors (Lipinski definition) is 1. The largest absolute Gasteiger partial charge is 0.391 e. The summed E-state index contributed by atoms with van der Waals surface area (Å²) in [5.74, 6) is -0.224. The second-order valence-corrected chi connectivity index (χ2v) is 6.49. The summed E-state index contributed by atoms with van der Waals surface area (Å²) in [6.07, 6.45) is 4.34.